The zero-order chi connectivity index (χ0) is 20.5. The largest absolute Gasteiger partial charge is 0.497 e. The zero-order valence-electron chi connectivity index (χ0n) is 16.0. The van der Waals surface area contributed by atoms with Gasteiger partial charge in [-0.05, 0) is 36.8 Å². The molecule has 8 nitrogen and oxygen atoms in total. The average molecular weight is 393 g/mol. The van der Waals surface area contributed by atoms with E-state index in [1.165, 1.54) is 24.1 Å². The summed E-state index contributed by atoms with van der Waals surface area (Å²) < 4.78 is 11.3. The normalized spacial score (nSPS) is 20.7. The number of allylic oxidation sites excluding steroid dienone is 5. The second-order valence-electron chi connectivity index (χ2n) is 6.84. The lowest BCUT2D eigenvalue weighted by Crippen LogP contribution is -2.22. The van der Waals surface area contributed by atoms with Crippen LogP contribution in [0.5, 0.6) is 0 Å². The Morgan fingerprint density at radius 2 is 2.00 bits per heavy atom. The third kappa shape index (κ3) is 3.56. The SMILES string of the molecule is CC(=O)N1N=C(c2ccc([N+](=O)[O-])cc2)C2=CC3=COCCOC3=CC2C=C1C. The van der Waals surface area contributed by atoms with Crippen LogP contribution in [0, 0.1) is 16.0 Å². The molecule has 8 heteroatoms. The molecule has 148 valence electrons. The Labute approximate surface area is 167 Å². The molecule has 29 heavy (non-hydrogen) atoms. The summed E-state index contributed by atoms with van der Waals surface area (Å²) in [7, 11) is 0. The molecule has 0 spiro atoms. The van der Waals surface area contributed by atoms with Crippen LogP contribution in [0.15, 0.2) is 76.5 Å². The van der Waals surface area contributed by atoms with Gasteiger partial charge in [-0.1, -0.05) is 6.08 Å². The standard InChI is InChI=1S/C21H19N3O5/c1-13-9-16-11-20-17(12-28-7-8-29-20)10-19(16)21(22-23(13)14(2)25)15-3-5-18(6-4-15)24(26)27/h3-6,9-12,16H,7-8H2,1-2H3. The molecule has 0 aromatic heterocycles. The van der Waals surface area contributed by atoms with E-state index >= 15 is 0 Å². The number of carbonyl (C=O) groups is 1. The van der Waals surface area contributed by atoms with Gasteiger partial charge in [0.15, 0.2) is 0 Å². The van der Waals surface area contributed by atoms with E-state index in [2.05, 4.69) is 5.10 Å². The summed E-state index contributed by atoms with van der Waals surface area (Å²) in [6, 6.07) is 6.14. The first-order valence-corrected chi connectivity index (χ1v) is 9.15. The van der Waals surface area contributed by atoms with Gasteiger partial charge >= 0.3 is 0 Å². The van der Waals surface area contributed by atoms with Crippen LogP contribution in [0.3, 0.4) is 0 Å². The molecule has 1 atom stereocenters. The average Bonchev–Trinajstić information content (AvgIpc) is 3.00. The molecule has 0 bridgehead atoms. The van der Waals surface area contributed by atoms with Crippen molar-refractivity contribution < 1.29 is 19.2 Å². The van der Waals surface area contributed by atoms with E-state index in [1.807, 2.05) is 25.2 Å². The van der Waals surface area contributed by atoms with Crippen molar-refractivity contribution in [2.24, 2.45) is 11.0 Å². The number of nitrogens with zero attached hydrogens (tertiary/aromatic N) is 3. The summed E-state index contributed by atoms with van der Waals surface area (Å²) in [5.74, 6) is 0.330. The predicted molar refractivity (Wildman–Crippen MR) is 106 cm³/mol. The molecule has 0 N–H and O–H groups in total. The minimum atomic E-state index is -0.449. The van der Waals surface area contributed by atoms with Gasteiger partial charge in [0.05, 0.1) is 22.5 Å². The summed E-state index contributed by atoms with van der Waals surface area (Å²) in [5.41, 5.74) is 3.56. The second-order valence-corrected chi connectivity index (χ2v) is 6.84. The molecule has 2 heterocycles. The minimum Gasteiger partial charge on any atom is -0.497 e. The summed E-state index contributed by atoms with van der Waals surface area (Å²) in [4.78, 5) is 22.7. The van der Waals surface area contributed by atoms with E-state index in [1.54, 1.807) is 18.4 Å². The first-order valence-electron chi connectivity index (χ1n) is 9.15. The van der Waals surface area contributed by atoms with Crippen molar-refractivity contribution in [1.82, 2.24) is 5.01 Å². The molecular weight excluding hydrogens is 374 g/mol. The highest BCUT2D eigenvalue weighted by Gasteiger charge is 2.30. The molecule has 1 amide bonds. The van der Waals surface area contributed by atoms with E-state index in [4.69, 9.17) is 9.47 Å². The van der Waals surface area contributed by atoms with Gasteiger partial charge in [0.2, 0.25) is 5.91 Å². The number of hydrogen-bond donors (Lipinski definition) is 0. The highest BCUT2D eigenvalue weighted by Crippen LogP contribution is 2.35. The van der Waals surface area contributed by atoms with Crippen molar-refractivity contribution in [3.63, 3.8) is 0 Å². The number of nitro groups is 1. The molecule has 2 aliphatic heterocycles. The highest BCUT2D eigenvalue weighted by atomic mass is 16.6. The number of non-ortho nitro benzene ring substituents is 1. The van der Waals surface area contributed by atoms with Gasteiger partial charge in [-0.15, -0.1) is 0 Å². The van der Waals surface area contributed by atoms with Crippen molar-refractivity contribution in [2.45, 2.75) is 13.8 Å². The molecule has 0 saturated heterocycles. The van der Waals surface area contributed by atoms with Crippen LogP contribution in [0.4, 0.5) is 5.69 Å². The molecular formula is C21H19N3O5. The van der Waals surface area contributed by atoms with Gasteiger partial charge < -0.3 is 9.47 Å². The lowest BCUT2D eigenvalue weighted by Gasteiger charge is -2.21. The summed E-state index contributed by atoms with van der Waals surface area (Å²) in [5, 5.41) is 17.0. The molecule has 1 aromatic rings. The molecule has 1 aromatic carbocycles. The van der Waals surface area contributed by atoms with Gasteiger partial charge in [0.1, 0.15) is 19.0 Å². The third-order valence-corrected chi connectivity index (χ3v) is 4.83. The topological polar surface area (TPSA) is 94.3 Å². The van der Waals surface area contributed by atoms with Gasteiger partial charge in [-0.3, -0.25) is 14.9 Å². The van der Waals surface area contributed by atoms with Crippen LogP contribution in [0.2, 0.25) is 0 Å². The Morgan fingerprint density at radius 3 is 2.69 bits per heavy atom. The van der Waals surface area contributed by atoms with E-state index < -0.39 is 4.92 Å². The van der Waals surface area contributed by atoms with Gasteiger partial charge in [0, 0.05) is 36.2 Å². The Bertz CT molecular complexity index is 1030. The van der Waals surface area contributed by atoms with Crippen molar-refractivity contribution in [2.75, 3.05) is 13.2 Å². The Morgan fingerprint density at radius 1 is 1.24 bits per heavy atom. The summed E-state index contributed by atoms with van der Waals surface area (Å²) in [6.45, 7) is 4.18. The zero-order valence-corrected chi connectivity index (χ0v) is 16.0. The number of ether oxygens (including phenoxy) is 2. The number of fused-ring (bicyclic) bond motifs is 2. The fourth-order valence-corrected chi connectivity index (χ4v) is 3.47. The van der Waals surface area contributed by atoms with E-state index in [-0.39, 0.29) is 17.5 Å². The molecule has 0 fully saturated rings. The number of carbonyl (C=O) groups excluding carboxylic acids is 1. The number of hydrogen-bond acceptors (Lipinski definition) is 6. The number of hydrazone groups is 1. The van der Waals surface area contributed by atoms with Gasteiger partial charge in [0.25, 0.3) is 5.69 Å². The third-order valence-electron chi connectivity index (χ3n) is 4.83. The summed E-state index contributed by atoms with van der Waals surface area (Å²) >= 11 is 0. The smallest absolute Gasteiger partial charge is 0.269 e. The van der Waals surface area contributed by atoms with Crippen LogP contribution < -0.4 is 0 Å². The minimum absolute atomic E-state index is 0.00895. The van der Waals surface area contributed by atoms with Crippen LogP contribution in [0.25, 0.3) is 0 Å². The Balaban J connectivity index is 1.87. The van der Waals surface area contributed by atoms with Crippen molar-refractivity contribution >= 4 is 17.3 Å². The van der Waals surface area contributed by atoms with Crippen molar-refractivity contribution in [1.29, 1.82) is 0 Å². The lowest BCUT2D eigenvalue weighted by molar-refractivity contribution is -0.384. The van der Waals surface area contributed by atoms with E-state index in [9.17, 15) is 14.9 Å². The van der Waals surface area contributed by atoms with Crippen molar-refractivity contribution in [3.8, 4) is 0 Å². The Hall–Kier alpha value is -3.68. The predicted octanol–water partition coefficient (Wildman–Crippen LogP) is 3.44. The summed E-state index contributed by atoms with van der Waals surface area (Å²) in [6.07, 6.45) is 7.51. The monoisotopic (exact) mass is 393 g/mol. The van der Waals surface area contributed by atoms with Crippen LogP contribution in [0.1, 0.15) is 19.4 Å². The molecule has 0 saturated carbocycles. The molecule has 1 aliphatic carbocycles. The van der Waals surface area contributed by atoms with Crippen LogP contribution >= 0.6 is 0 Å². The Kier molecular flexibility index (Phi) is 4.75. The first kappa shape index (κ1) is 18.7. The van der Waals surface area contributed by atoms with Crippen LogP contribution in [-0.2, 0) is 14.3 Å². The fourth-order valence-electron chi connectivity index (χ4n) is 3.47. The first-order chi connectivity index (χ1) is 13.9. The fraction of sp³-hybridized carbons (Fsp3) is 0.238. The number of benzene rings is 1. The quantitative estimate of drug-likeness (QED) is 0.567. The van der Waals surface area contributed by atoms with E-state index in [0.29, 0.717) is 30.2 Å². The maximum Gasteiger partial charge on any atom is 0.269 e. The molecule has 3 aliphatic rings. The maximum atomic E-state index is 12.2. The lowest BCUT2D eigenvalue weighted by atomic mass is 9.84. The van der Waals surface area contributed by atoms with Crippen molar-refractivity contribution in [3.05, 3.63) is 87.0 Å². The second kappa shape index (κ2) is 7.38. The van der Waals surface area contributed by atoms with Gasteiger partial charge in [-0.25, -0.2) is 5.01 Å². The van der Waals surface area contributed by atoms with Gasteiger partial charge in [-0.2, -0.15) is 5.10 Å². The molecule has 1 unspecified atom stereocenters. The number of amides is 1. The molecule has 4 rings (SSSR count). The highest BCUT2D eigenvalue weighted by molar-refractivity contribution is 6.14. The maximum absolute atomic E-state index is 12.2. The molecule has 0 radical (unpaired) electrons. The number of rotatable bonds is 2. The van der Waals surface area contributed by atoms with E-state index in [0.717, 1.165) is 16.9 Å². The van der Waals surface area contributed by atoms with Crippen LogP contribution in [-0.4, -0.2) is 34.8 Å². The number of nitro benzene ring substituents is 1.